The van der Waals surface area contributed by atoms with Crippen molar-refractivity contribution in [2.24, 2.45) is 0 Å². The second-order valence-corrected chi connectivity index (χ2v) is 24.3. The van der Waals surface area contributed by atoms with Crippen molar-refractivity contribution in [3.05, 3.63) is 85.1 Å². The van der Waals surface area contributed by atoms with E-state index in [1.165, 1.54) is 173 Å². The van der Waals surface area contributed by atoms with Crippen LogP contribution in [-0.4, -0.2) is 69.4 Å². The van der Waals surface area contributed by atoms with Crippen molar-refractivity contribution >= 4 is 19.7 Å². The molecule has 78 heavy (non-hydrogen) atoms. The Balaban J connectivity index is 5.24. The van der Waals surface area contributed by atoms with Gasteiger partial charge >= 0.3 is 5.97 Å². The molecular formula is C68H123N2O7P. The third-order valence-corrected chi connectivity index (χ3v) is 15.0. The molecule has 0 saturated carbocycles. The Morgan fingerprint density at radius 3 is 1.22 bits per heavy atom. The first kappa shape index (κ1) is 75.2. The molecule has 10 heteroatoms. The number of carbonyl (C=O) groups excluding carboxylic acids is 2. The van der Waals surface area contributed by atoms with Crippen LogP contribution in [-0.2, 0) is 27.9 Å². The van der Waals surface area contributed by atoms with Crippen molar-refractivity contribution in [1.29, 1.82) is 0 Å². The van der Waals surface area contributed by atoms with E-state index in [1.807, 2.05) is 33.3 Å². The quantitative estimate of drug-likeness (QED) is 0.0212. The molecule has 3 unspecified atom stereocenters. The van der Waals surface area contributed by atoms with Crippen LogP contribution in [0.15, 0.2) is 85.1 Å². The molecule has 0 radical (unpaired) electrons. The lowest BCUT2D eigenvalue weighted by Gasteiger charge is -2.30. The van der Waals surface area contributed by atoms with Crippen molar-refractivity contribution < 1.29 is 37.3 Å². The second-order valence-electron chi connectivity index (χ2n) is 22.9. The van der Waals surface area contributed by atoms with Gasteiger partial charge in [-0.1, -0.05) is 254 Å². The fourth-order valence-corrected chi connectivity index (χ4v) is 9.74. The lowest BCUT2D eigenvalue weighted by atomic mass is 10.0. The van der Waals surface area contributed by atoms with E-state index in [9.17, 15) is 19.0 Å². The first-order valence-electron chi connectivity index (χ1n) is 32.4. The van der Waals surface area contributed by atoms with E-state index >= 15 is 0 Å². The number of ether oxygens (including phenoxy) is 1. The van der Waals surface area contributed by atoms with Gasteiger partial charge in [0.1, 0.15) is 19.3 Å². The van der Waals surface area contributed by atoms with Crippen molar-refractivity contribution in [1.82, 2.24) is 5.32 Å². The summed E-state index contributed by atoms with van der Waals surface area (Å²) in [7, 11) is 1.15. The molecule has 452 valence electrons. The summed E-state index contributed by atoms with van der Waals surface area (Å²) in [5.74, 6) is -0.605. The van der Waals surface area contributed by atoms with Gasteiger partial charge in [-0.3, -0.25) is 14.2 Å². The molecule has 0 aromatic carbocycles. The fraction of sp³-hybridized carbons (Fsp3) is 0.765. The number of carbonyl (C=O) groups is 2. The fourth-order valence-electron chi connectivity index (χ4n) is 9.02. The summed E-state index contributed by atoms with van der Waals surface area (Å²) in [5.41, 5.74) is 0. The molecule has 9 nitrogen and oxygen atoms in total. The number of nitrogens with one attached hydrogen (secondary N) is 1. The summed E-state index contributed by atoms with van der Waals surface area (Å²) >= 11 is 0. The van der Waals surface area contributed by atoms with Gasteiger partial charge in [0.15, 0.2) is 0 Å². The van der Waals surface area contributed by atoms with Gasteiger partial charge in [-0.2, -0.15) is 0 Å². The average Bonchev–Trinajstić information content (AvgIpc) is 3.40. The number of phosphoric ester groups is 1. The number of unbranched alkanes of at least 4 members (excludes halogenated alkanes) is 30. The average molecular weight is 1110 g/mol. The highest BCUT2D eigenvalue weighted by atomic mass is 31.2. The maximum absolute atomic E-state index is 13.5. The molecule has 0 aliphatic heterocycles. The minimum absolute atomic E-state index is 0.0350. The minimum Gasteiger partial charge on any atom is -0.756 e. The van der Waals surface area contributed by atoms with E-state index in [1.54, 1.807) is 0 Å². The number of hydrogen-bond donors (Lipinski definition) is 1. The zero-order valence-electron chi connectivity index (χ0n) is 51.6. The molecular weight excluding hydrogens is 988 g/mol. The molecule has 1 amide bonds. The standard InChI is InChI=1S/C68H123N2O7P/c1-7-10-13-16-19-22-25-28-30-32-33-34-35-36-37-39-41-43-46-49-52-55-58-61-68(72)77-66(59-56-53-50-47-44-27-24-21-18-15-12-9-3)65(64-76-78(73,74)75-63-62-70(4,5)6)69-67(71)60-57-54-51-48-45-42-40-38-31-29-26-23-20-17-14-11-8-2/h19-20,22-23,28-31,40,42,48,51,56,59,65-66H,7-18,21,24-27,32-39,41,43-47,49-50,52-55,57-58,60-64H2,1-6H3,(H-,69,71,73,74)/b22-19-,23-20-,30-28-,31-29-,42-40-,51-48-,59-56-. The van der Waals surface area contributed by atoms with Crippen LogP contribution < -0.4 is 10.2 Å². The van der Waals surface area contributed by atoms with Gasteiger partial charge in [-0.05, 0) is 102 Å². The van der Waals surface area contributed by atoms with E-state index in [4.69, 9.17) is 13.8 Å². The van der Waals surface area contributed by atoms with Crippen molar-refractivity contribution in [3.63, 3.8) is 0 Å². The molecule has 3 atom stereocenters. The third kappa shape index (κ3) is 57.9. The lowest BCUT2D eigenvalue weighted by Crippen LogP contribution is -2.47. The molecule has 0 aromatic heterocycles. The molecule has 0 fully saturated rings. The normalized spacial score (nSPS) is 14.2. The van der Waals surface area contributed by atoms with Gasteiger partial charge in [0, 0.05) is 12.8 Å². The van der Waals surface area contributed by atoms with E-state index in [-0.39, 0.29) is 31.3 Å². The zero-order valence-corrected chi connectivity index (χ0v) is 52.5. The van der Waals surface area contributed by atoms with Crippen LogP contribution in [0.1, 0.15) is 284 Å². The predicted molar refractivity (Wildman–Crippen MR) is 335 cm³/mol. The Labute approximate surface area is 482 Å². The van der Waals surface area contributed by atoms with Crippen molar-refractivity contribution in [2.75, 3.05) is 40.9 Å². The van der Waals surface area contributed by atoms with Gasteiger partial charge in [-0.25, -0.2) is 0 Å². The topological polar surface area (TPSA) is 114 Å². The van der Waals surface area contributed by atoms with Crippen LogP contribution in [0, 0.1) is 0 Å². The highest BCUT2D eigenvalue weighted by Gasteiger charge is 2.27. The smallest absolute Gasteiger partial charge is 0.306 e. The van der Waals surface area contributed by atoms with Gasteiger partial charge in [0.25, 0.3) is 7.82 Å². The van der Waals surface area contributed by atoms with Crippen molar-refractivity contribution in [3.8, 4) is 0 Å². The van der Waals surface area contributed by atoms with Gasteiger partial charge in [0.2, 0.25) is 5.91 Å². The number of nitrogens with zero attached hydrogens (tertiary/aromatic N) is 1. The number of phosphoric acid groups is 1. The summed E-state index contributed by atoms with van der Waals surface area (Å²) in [6.07, 6.45) is 75.6. The number of esters is 1. The largest absolute Gasteiger partial charge is 0.756 e. The van der Waals surface area contributed by atoms with Gasteiger partial charge in [-0.15, -0.1) is 0 Å². The maximum atomic E-state index is 13.5. The second kappa shape index (κ2) is 57.4. The SMILES string of the molecule is CCCCC/C=C\C/C=C\C/C=C\C/C=C\CCCC(=O)NC(COP(=O)([O-])OCC[N+](C)(C)C)C(/C=C\CCCCCCCCCCCC)OC(=O)CCCCCCCCCCCCCCC/C=C\C/C=C\CCCCC. The number of quaternary nitrogens is 1. The molecule has 0 bridgehead atoms. The van der Waals surface area contributed by atoms with Gasteiger partial charge in [0.05, 0.1) is 33.8 Å². The number of rotatable bonds is 58. The van der Waals surface area contributed by atoms with Gasteiger partial charge < -0.3 is 28.5 Å². The van der Waals surface area contributed by atoms with Crippen LogP contribution in [0.2, 0.25) is 0 Å². The molecule has 0 heterocycles. The molecule has 0 aliphatic carbocycles. The van der Waals surface area contributed by atoms with E-state index in [0.29, 0.717) is 17.4 Å². The summed E-state index contributed by atoms with van der Waals surface area (Å²) in [6.45, 7) is 6.76. The number of likely N-dealkylation sites (N-methyl/N-ethyl adjacent to an activating group) is 1. The first-order valence-corrected chi connectivity index (χ1v) is 33.9. The Morgan fingerprint density at radius 2 is 0.795 bits per heavy atom. The van der Waals surface area contributed by atoms with Crippen LogP contribution in [0.25, 0.3) is 0 Å². The van der Waals surface area contributed by atoms with Crippen LogP contribution in [0.3, 0.4) is 0 Å². The Morgan fingerprint density at radius 1 is 0.449 bits per heavy atom. The first-order chi connectivity index (χ1) is 37.9. The molecule has 0 aliphatic rings. The summed E-state index contributed by atoms with van der Waals surface area (Å²) in [4.78, 5) is 40.0. The number of hydrogen-bond acceptors (Lipinski definition) is 7. The molecule has 1 N–H and O–H groups in total. The van der Waals surface area contributed by atoms with Crippen LogP contribution in [0.5, 0.6) is 0 Å². The summed E-state index contributed by atoms with van der Waals surface area (Å²) in [6, 6.07) is -0.920. The molecule has 0 rings (SSSR count). The summed E-state index contributed by atoms with van der Waals surface area (Å²) in [5, 5.41) is 3.00. The van der Waals surface area contributed by atoms with E-state index in [2.05, 4.69) is 99.0 Å². The molecule has 0 aromatic rings. The van der Waals surface area contributed by atoms with E-state index < -0.39 is 26.6 Å². The Bertz CT molecular complexity index is 1610. The minimum atomic E-state index is -4.72. The predicted octanol–water partition coefficient (Wildman–Crippen LogP) is 19.5. The Hall–Kier alpha value is -2.81. The zero-order chi connectivity index (χ0) is 57.2. The summed E-state index contributed by atoms with van der Waals surface area (Å²) < 4.78 is 30.3. The highest BCUT2D eigenvalue weighted by molar-refractivity contribution is 7.45. The molecule has 0 spiro atoms. The van der Waals surface area contributed by atoms with E-state index in [0.717, 1.165) is 70.6 Å². The van der Waals surface area contributed by atoms with Crippen LogP contribution >= 0.6 is 7.82 Å². The molecule has 0 saturated heterocycles. The highest BCUT2D eigenvalue weighted by Crippen LogP contribution is 2.38. The lowest BCUT2D eigenvalue weighted by molar-refractivity contribution is -0.870. The maximum Gasteiger partial charge on any atom is 0.306 e. The van der Waals surface area contributed by atoms with Crippen LogP contribution in [0.4, 0.5) is 0 Å². The number of amides is 1. The Kier molecular flexibility index (Phi) is 55.4. The third-order valence-electron chi connectivity index (χ3n) is 14.0. The monoisotopic (exact) mass is 1110 g/mol. The van der Waals surface area contributed by atoms with Crippen molar-refractivity contribution in [2.45, 2.75) is 296 Å². The number of allylic oxidation sites excluding steroid dienone is 13.